The Labute approximate surface area is 110 Å². The van der Waals surface area contributed by atoms with Crippen LogP contribution in [0.1, 0.15) is 17.4 Å². The highest BCUT2D eigenvalue weighted by molar-refractivity contribution is 7.09. The van der Waals surface area contributed by atoms with E-state index in [2.05, 4.69) is 39.3 Å². The second-order valence-corrected chi connectivity index (χ2v) is 4.92. The predicted molar refractivity (Wildman–Crippen MR) is 72.6 cm³/mol. The Hall–Kier alpha value is -1.13. The number of alkyl halides is 1. The summed E-state index contributed by atoms with van der Waals surface area (Å²) in [5, 5.41) is 2.08. The molecule has 90 valence electrons. The van der Waals surface area contributed by atoms with Crippen molar-refractivity contribution in [3.05, 3.63) is 40.3 Å². The molecule has 0 fully saturated rings. The van der Waals surface area contributed by atoms with E-state index >= 15 is 0 Å². The van der Waals surface area contributed by atoms with Gasteiger partial charge in [0.25, 0.3) is 0 Å². The first-order valence-corrected chi connectivity index (χ1v) is 6.89. The molecule has 0 N–H and O–H groups in total. The molecule has 5 heteroatoms. The molecule has 0 radical (unpaired) electrons. The molecule has 2 rings (SSSR count). The summed E-state index contributed by atoms with van der Waals surface area (Å²) >= 11 is 7.47. The summed E-state index contributed by atoms with van der Waals surface area (Å²) in [4.78, 5) is 12.1. The van der Waals surface area contributed by atoms with Gasteiger partial charge in [0.05, 0.1) is 12.4 Å². The lowest BCUT2D eigenvalue weighted by molar-refractivity contribution is 0.797. The molecule has 0 amide bonds. The molecule has 2 aromatic rings. The molecule has 0 atom stereocenters. The van der Waals surface area contributed by atoms with Crippen LogP contribution in [0, 0.1) is 0 Å². The van der Waals surface area contributed by atoms with E-state index in [-0.39, 0.29) is 0 Å². The fourth-order valence-electron chi connectivity index (χ4n) is 1.49. The molecule has 0 aliphatic carbocycles. The highest BCUT2D eigenvalue weighted by Crippen LogP contribution is 2.16. The van der Waals surface area contributed by atoms with E-state index in [0.717, 1.165) is 24.6 Å². The first-order chi connectivity index (χ1) is 8.33. The zero-order valence-electron chi connectivity index (χ0n) is 9.64. The van der Waals surface area contributed by atoms with Crippen molar-refractivity contribution >= 4 is 28.9 Å². The monoisotopic (exact) mass is 267 g/mol. The highest BCUT2D eigenvalue weighted by atomic mass is 35.5. The Balaban J connectivity index is 2.11. The Kier molecular flexibility index (Phi) is 4.34. The van der Waals surface area contributed by atoms with Gasteiger partial charge in [-0.15, -0.1) is 22.9 Å². The number of anilines is 1. The van der Waals surface area contributed by atoms with Crippen LogP contribution in [-0.4, -0.2) is 16.5 Å². The van der Waals surface area contributed by atoms with Crippen molar-refractivity contribution in [3.63, 3.8) is 0 Å². The van der Waals surface area contributed by atoms with Crippen LogP contribution in [0.15, 0.2) is 29.9 Å². The lowest BCUT2D eigenvalue weighted by atomic mass is 10.4. The van der Waals surface area contributed by atoms with Gasteiger partial charge >= 0.3 is 0 Å². The van der Waals surface area contributed by atoms with Crippen molar-refractivity contribution in [2.45, 2.75) is 19.3 Å². The van der Waals surface area contributed by atoms with Crippen LogP contribution in [0.3, 0.4) is 0 Å². The van der Waals surface area contributed by atoms with Crippen molar-refractivity contribution in [2.75, 3.05) is 11.4 Å². The maximum atomic E-state index is 5.72. The minimum Gasteiger partial charge on any atom is -0.336 e. The fourth-order valence-corrected chi connectivity index (χ4v) is 2.35. The third kappa shape index (κ3) is 3.17. The molecule has 0 saturated heterocycles. The first kappa shape index (κ1) is 12.3. The van der Waals surface area contributed by atoms with E-state index in [0.29, 0.717) is 5.88 Å². The largest absolute Gasteiger partial charge is 0.336 e. The molecule has 17 heavy (non-hydrogen) atoms. The molecule has 0 saturated carbocycles. The van der Waals surface area contributed by atoms with E-state index in [1.807, 2.05) is 0 Å². The zero-order chi connectivity index (χ0) is 12.1. The SMILES string of the molecule is CCN(Cc1cccs1)c1ncc(CCl)cn1. The van der Waals surface area contributed by atoms with Gasteiger partial charge in [0.15, 0.2) is 0 Å². The van der Waals surface area contributed by atoms with E-state index in [1.165, 1.54) is 4.88 Å². The molecule has 3 nitrogen and oxygen atoms in total. The summed E-state index contributed by atoms with van der Waals surface area (Å²) in [6.07, 6.45) is 3.57. The number of aromatic nitrogens is 2. The maximum Gasteiger partial charge on any atom is 0.225 e. The van der Waals surface area contributed by atoms with Gasteiger partial charge in [-0.2, -0.15) is 0 Å². The predicted octanol–water partition coefficient (Wildman–Crippen LogP) is 3.30. The Morgan fingerprint density at radius 3 is 2.65 bits per heavy atom. The fraction of sp³-hybridized carbons (Fsp3) is 0.333. The van der Waals surface area contributed by atoms with Crippen LogP contribution in [-0.2, 0) is 12.4 Å². The summed E-state index contributed by atoms with van der Waals surface area (Å²) in [5.74, 6) is 1.21. The molecule has 0 spiro atoms. The molecule has 0 aliphatic heterocycles. The van der Waals surface area contributed by atoms with Crippen molar-refractivity contribution in [3.8, 4) is 0 Å². The summed E-state index contributed by atoms with van der Waals surface area (Å²) in [6.45, 7) is 3.85. The maximum absolute atomic E-state index is 5.72. The van der Waals surface area contributed by atoms with Crippen molar-refractivity contribution in [2.24, 2.45) is 0 Å². The third-order valence-corrected chi connectivity index (χ3v) is 3.61. The van der Waals surface area contributed by atoms with Crippen LogP contribution in [0.2, 0.25) is 0 Å². The van der Waals surface area contributed by atoms with Crippen molar-refractivity contribution in [1.82, 2.24) is 9.97 Å². The number of halogens is 1. The van der Waals surface area contributed by atoms with E-state index in [4.69, 9.17) is 11.6 Å². The number of rotatable bonds is 5. The zero-order valence-corrected chi connectivity index (χ0v) is 11.2. The minimum atomic E-state index is 0.456. The topological polar surface area (TPSA) is 29.0 Å². The number of nitrogens with zero attached hydrogens (tertiary/aromatic N) is 3. The van der Waals surface area contributed by atoms with E-state index in [9.17, 15) is 0 Å². The lowest BCUT2D eigenvalue weighted by Gasteiger charge is -2.19. The summed E-state index contributed by atoms with van der Waals surface area (Å²) in [6, 6.07) is 4.19. The normalized spacial score (nSPS) is 10.5. The van der Waals surface area contributed by atoms with Crippen LogP contribution in [0.5, 0.6) is 0 Å². The smallest absolute Gasteiger partial charge is 0.225 e. The lowest BCUT2D eigenvalue weighted by Crippen LogP contribution is -2.23. The summed E-state index contributed by atoms with van der Waals surface area (Å²) in [5.41, 5.74) is 0.947. The van der Waals surface area contributed by atoms with Crippen molar-refractivity contribution in [1.29, 1.82) is 0 Å². The summed E-state index contributed by atoms with van der Waals surface area (Å²) < 4.78 is 0. The number of hydrogen-bond acceptors (Lipinski definition) is 4. The molecular formula is C12H14ClN3S. The Morgan fingerprint density at radius 2 is 2.12 bits per heavy atom. The Bertz CT molecular complexity index is 441. The molecule has 0 aromatic carbocycles. The minimum absolute atomic E-state index is 0.456. The second kappa shape index (κ2) is 5.98. The third-order valence-electron chi connectivity index (χ3n) is 2.44. The number of hydrogen-bond donors (Lipinski definition) is 0. The molecule has 0 bridgehead atoms. The van der Waals surface area contributed by atoms with Gasteiger partial charge < -0.3 is 4.90 Å². The highest BCUT2D eigenvalue weighted by Gasteiger charge is 2.08. The van der Waals surface area contributed by atoms with Gasteiger partial charge in [-0.25, -0.2) is 9.97 Å². The van der Waals surface area contributed by atoms with Crippen LogP contribution < -0.4 is 4.90 Å². The molecule has 2 aromatic heterocycles. The average Bonchev–Trinajstić information content (AvgIpc) is 2.89. The van der Waals surface area contributed by atoms with Gasteiger partial charge in [0.1, 0.15) is 0 Å². The number of thiophene rings is 1. The molecule has 2 heterocycles. The first-order valence-electron chi connectivity index (χ1n) is 5.47. The van der Waals surface area contributed by atoms with Gasteiger partial charge in [-0.05, 0) is 18.4 Å². The average molecular weight is 268 g/mol. The second-order valence-electron chi connectivity index (χ2n) is 3.62. The quantitative estimate of drug-likeness (QED) is 0.779. The van der Waals surface area contributed by atoms with Crippen molar-refractivity contribution < 1.29 is 0 Å². The van der Waals surface area contributed by atoms with Gasteiger partial charge in [0, 0.05) is 29.4 Å². The van der Waals surface area contributed by atoms with Crippen LogP contribution in [0.25, 0.3) is 0 Å². The van der Waals surface area contributed by atoms with Gasteiger partial charge in [-0.3, -0.25) is 0 Å². The van der Waals surface area contributed by atoms with Gasteiger partial charge in [0.2, 0.25) is 5.95 Å². The molecule has 0 unspecified atom stereocenters. The standard InChI is InChI=1S/C12H14ClN3S/c1-2-16(9-11-4-3-5-17-11)12-14-7-10(6-13)8-15-12/h3-5,7-8H,2,6,9H2,1H3. The van der Waals surface area contributed by atoms with Crippen LogP contribution >= 0.6 is 22.9 Å². The molecular weight excluding hydrogens is 254 g/mol. The molecule has 0 aliphatic rings. The van der Waals surface area contributed by atoms with Gasteiger partial charge in [-0.1, -0.05) is 6.07 Å². The summed E-state index contributed by atoms with van der Waals surface area (Å²) in [7, 11) is 0. The van der Waals surface area contributed by atoms with E-state index in [1.54, 1.807) is 23.7 Å². The van der Waals surface area contributed by atoms with E-state index < -0.39 is 0 Å². The van der Waals surface area contributed by atoms with Crippen LogP contribution in [0.4, 0.5) is 5.95 Å². The Morgan fingerprint density at radius 1 is 1.35 bits per heavy atom.